The van der Waals surface area contributed by atoms with Crippen molar-refractivity contribution in [2.45, 2.75) is 19.2 Å². The number of carbonyl (C=O) groups excluding carboxylic acids is 1. The molecule has 0 aliphatic heterocycles. The van der Waals surface area contributed by atoms with Gasteiger partial charge in [0.15, 0.2) is 0 Å². The van der Waals surface area contributed by atoms with Crippen LogP contribution in [-0.2, 0) is 10.9 Å². The Morgan fingerprint density at radius 3 is 2.53 bits per heavy atom. The van der Waals surface area contributed by atoms with Crippen molar-refractivity contribution in [2.24, 2.45) is 0 Å². The van der Waals surface area contributed by atoms with Gasteiger partial charge in [-0.3, -0.25) is 0 Å². The molecule has 4 nitrogen and oxygen atoms in total. The van der Waals surface area contributed by atoms with Crippen LogP contribution < -0.4 is 4.74 Å². The van der Waals surface area contributed by atoms with E-state index in [2.05, 4.69) is 4.74 Å². The van der Waals surface area contributed by atoms with Crippen LogP contribution in [0.5, 0.6) is 5.75 Å². The molecule has 0 amide bonds. The van der Waals surface area contributed by atoms with Gasteiger partial charge in [0.2, 0.25) is 0 Å². The molecule has 1 atom stereocenters. The molecule has 1 aromatic carbocycles. The maximum Gasteiger partial charge on any atom is 0.417 e. The largest absolute Gasteiger partial charge is 0.491 e. The third-order valence-corrected chi connectivity index (χ3v) is 2.19. The van der Waals surface area contributed by atoms with Gasteiger partial charge in [-0.2, -0.15) is 13.2 Å². The summed E-state index contributed by atoms with van der Waals surface area (Å²) in [7, 11) is 1.00. The Balaban J connectivity index is 3.12. The second kappa shape index (κ2) is 5.92. The van der Waals surface area contributed by atoms with Crippen molar-refractivity contribution in [1.29, 1.82) is 0 Å². The SMILES string of the molecule is COC(=O)c1ccc(OCC(C)O)cc1C(F)(F)F. The van der Waals surface area contributed by atoms with Gasteiger partial charge in [0.25, 0.3) is 0 Å². The molecule has 106 valence electrons. The first-order valence-corrected chi connectivity index (χ1v) is 5.36. The normalized spacial score (nSPS) is 12.9. The lowest BCUT2D eigenvalue weighted by molar-refractivity contribution is -0.138. The van der Waals surface area contributed by atoms with Crippen molar-refractivity contribution in [2.75, 3.05) is 13.7 Å². The van der Waals surface area contributed by atoms with E-state index in [4.69, 9.17) is 9.84 Å². The standard InChI is InChI=1S/C12H13F3O4/c1-7(16)6-19-8-3-4-9(11(17)18-2)10(5-8)12(13,14)15/h3-5,7,16H,6H2,1-2H3. The van der Waals surface area contributed by atoms with Crippen molar-refractivity contribution < 1.29 is 32.5 Å². The zero-order valence-electron chi connectivity index (χ0n) is 10.3. The van der Waals surface area contributed by atoms with Crippen molar-refractivity contribution in [1.82, 2.24) is 0 Å². The van der Waals surface area contributed by atoms with E-state index in [1.54, 1.807) is 0 Å². The third-order valence-electron chi connectivity index (χ3n) is 2.19. The molecule has 19 heavy (non-hydrogen) atoms. The van der Waals surface area contributed by atoms with E-state index in [1.807, 2.05) is 0 Å². The molecule has 0 spiro atoms. The van der Waals surface area contributed by atoms with Gasteiger partial charge in [-0.15, -0.1) is 0 Å². The zero-order chi connectivity index (χ0) is 14.6. The maximum absolute atomic E-state index is 12.8. The Morgan fingerprint density at radius 2 is 2.05 bits per heavy atom. The van der Waals surface area contributed by atoms with Crippen LogP contribution in [-0.4, -0.2) is 30.9 Å². The number of aliphatic hydroxyl groups is 1. The Labute approximate surface area is 107 Å². The van der Waals surface area contributed by atoms with E-state index in [1.165, 1.54) is 13.0 Å². The van der Waals surface area contributed by atoms with E-state index < -0.39 is 29.4 Å². The molecule has 0 aliphatic carbocycles. The first kappa shape index (κ1) is 15.3. The van der Waals surface area contributed by atoms with Crippen molar-refractivity contribution in [3.05, 3.63) is 29.3 Å². The summed E-state index contributed by atoms with van der Waals surface area (Å²) in [5, 5.41) is 9.00. The summed E-state index contributed by atoms with van der Waals surface area (Å²) < 4.78 is 47.7. The van der Waals surface area contributed by atoms with E-state index in [9.17, 15) is 18.0 Å². The number of rotatable bonds is 4. The Kier molecular flexibility index (Phi) is 4.77. The molecule has 0 aliphatic rings. The molecule has 0 radical (unpaired) electrons. The van der Waals surface area contributed by atoms with E-state index in [0.29, 0.717) is 6.07 Å². The van der Waals surface area contributed by atoms with Gasteiger partial charge >= 0.3 is 12.1 Å². The van der Waals surface area contributed by atoms with E-state index >= 15 is 0 Å². The lowest BCUT2D eigenvalue weighted by Gasteiger charge is -2.14. The third kappa shape index (κ3) is 4.13. The molecule has 0 saturated heterocycles. The fourth-order valence-electron chi connectivity index (χ4n) is 1.35. The maximum atomic E-state index is 12.8. The highest BCUT2D eigenvalue weighted by atomic mass is 19.4. The molecule has 1 unspecified atom stereocenters. The number of alkyl halides is 3. The number of hydrogen-bond donors (Lipinski definition) is 1. The monoisotopic (exact) mass is 278 g/mol. The van der Waals surface area contributed by atoms with Crippen molar-refractivity contribution in [3.63, 3.8) is 0 Å². The molecular weight excluding hydrogens is 265 g/mol. The average molecular weight is 278 g/mol. The average Bonchev–Trinajstić information content (AvgIpc) is 2.34. The van der Waals surface area contributed by atoms with Crippen LogP contribution in [0.15, 0.2) is 18.2 Å². The summed E-state index contributed by atoms with van der Waals surface area (Å²) >= 11 is 0. The minimum atomic E-state index is -4.70. The molecule has 7 heteroatoms. The smallest absolute Gasteiger partial charge is 0.417 e. The summed E-state index contributed by atoms with van der Waals surface area (Å²) in [5.74, 6) is -1.16. The van der Waals surface area contributed by atoms with Crippen LogP contribution >= 0.6 is 0 Å². The number of esters is 1. The van der Waals surface area contributed by atoms with Crippen LogP contribution in [0.25, 0.3) is 0 Å². The predicted octanol–water partition coefficient (Wildman–Crippen LogP) is 2.25. The molecule has 0 fully saturated rings. The Hall–Kier alpha value is -1.76. The number of aliphatic hydroxyl groups excluding tert-OH is 1. The molecule has 0 aromatic heterocycles. The predicted molar refractivity (Wildman–Crippen MR) is 60.0 cm³/mol. The van der Waals surface area contributed by atoms with Gasteiger partial charge < -0.3 is 14.6 Å². The fraction of sp³-hybridized carbons (Fsp3) is 0.417. The molecule has 0 saturated carbocycles. The summed E-state index contributed by atoms with van der Waals surface area (Å²) in [6.07, 6.45) is -5.51. The summed E-state index contributed by atoms with van der Waals surface area (Å²) in [6, 6.07) is 2.89. The van der Waals surface area contributed by atoms with Gasteiger partial charge in [-0.1, -0.05) is 0 Å². The summed E-state index contributed by atoms with van der Waals surface area (Å²) in [6.45, 7) is 1.29. The molecule has 1 rings (SSSR count). The lowest BCUT2D eigenvalue weighted by Crippen LogP contribution is -2.16. The molecule has 1 N–H and O–H groups in total. The van der Waals surface area contributed by atoms with E-state index in [0.717, 1.165) is 13.2 Å². The number of carbonyl (C=O) groups is 1. The van der Waals surface area contributed by atoms with Gasteiger partial charge in [0.05, 0.1) is 24.3 Å². The fourth-order valence-corrected chi connectivity index (χ4v) is 1.35. The summed E-state index contributed by atoms with van der Waals surface area (Å²) in [4.78, 5) is 11.3. The van der Waals surface area contributed by atoms with E-state index in [-0.39, 0.29) is 12.4 Å². The molecular formula is C12H13F3O4. The van der Waals surface area contributed by atoms with Crippen molar-refractivity contribution >= 4 is 5.97 Å². The number of hydrogen-bond acceptors (Lipinski definition) is 4. The first-order valence-electron chi connectivity index (χ1n) is 5.36. The lowest BCUT2D eigenvalue weighted by atomic mass is 10.1. The van der Waals surface area contributed by atoms with Crippen molar-refractivity contribution in [3.8, 4) is 5.75 Å². The van der Waals surface area contributed by atoms with Crippen LogP contribution in [0.4, 0.5) is 13.2 Å². The topological polar surface area (TPSA) is 55.8 Å². The van der Waals surface area contributed by atoms with Gasteiger partial charge in [-0.05, 0) is 25.1 Å². The number of halogens is 3. The number of methoxy groups -OCH3 is 1. The van der Waals surface area contributed by atoms with Crippen LogP contribution in [0.3, 0.4) is 0 Å². The minimum absolute atomic E-state index is 0.0825. The Bertz CT molecular complexity index is 455. The van der Waals surface area contributed by atoms with Gasteiger partial charge in [-0.25, -0.2) is 4.79 Å². The van der Waals surface area contributed by atoms with Crippen LogP contribution in [0.1, 0.15) is 22.8 Å². The molecule has 0 bridgehead atoms. The second-order valence-corrected chi connectivity index (χ2v) is 3.86. The highest BCUT2D eigenvalue weighted by Crippen LogP contribution is 2.34. The highest BCUT2D eigenvalue weighted by molar-refractivity contribution is 5.91. The van der Waals surface area contributed by atoms with Gasteiger partial charge in [0.1, 0.15) is 12.4 Å². The molecule has 1 aromatic rings. The minimum Gasteiger partial charge on any atom is -0.491 e. The molecule has 0 heterocycles. The quantitative estimate of drug-likeness (QED) is 0.858. The van der Waals surface area contributed by atoms with Crippen LogP contribution in [0.2, 0.25) is 0 Å². The number of benzene rings is 1. The highest BCUT2D eigenvalue weighted by Gasteiger charge is 2.36. The number of ether oxygens (including phenoxy) is 2. The van der Waals surface area contributed by atoms with Crippen LogP contribution in [0, 0.1) is 0 Å². The second-order valence-electron chi connectivity index (χ2n) is 3.86. The van der Waals surface area contributed by atoms with Gasteiger partial charge in [0, 0.05) is 0 Å². The first-order chi connectivity index (χ1) is 8.75. The summed E-state index contributed by atoms with van der Waals surface area (Å²) in [5.41, 5.74) is -1.72. The zero-order valence-corrected chi connectivity index (χ0v) is 10.3. The Morgan fingerprint density at radius 1 is 1.42 bits per heavy atom.